The molecule has 0 unspecified atom stereocenters. The molecule has 12 nitrogen and oxygen atoms in total. The van der Waals surface area contributed by atoms with Gasteiger partial charge in [-0.25, -0.2) is 9.59 Å². The van der Waals surface area contributed by atoms with Gasteiger partial charge in [0.05, 0.1) is 12.1 Å². The Labute approximate surface area is 237 Å². The van der Waals surface area contributed by atoms with E-state index in [-0.39, 0.29) is 12.0 Å². The molecular weight excluding hydrogens is 530 g/mol. The quantitative estimate of drug-likeness (QED) is 0.151. The van der Waals surface area contributed by atoms with Crippen molar-refractivity contribution < 1.29 is 33.4 Å². The highest BCUT2D eigenvalue weighted by molar-refractivity contribution is 5.89. The van der Waals surface area contributed by atoms with Crippen LogP contribution < -0.4 is 10.6 Å². The maximum Gasteiger partial charge on any atom is 0.408 e. The SMILES string of the molecule is CC(=O)N[C@@H]1[C@@H](N=[N+]=[N-])C=C(C(=O)OC(c2ccccc2)c2ccccc2)C[C@H]1OC(=O)CNC(=O)OC(C)(C)C. The van der Waals surface area contributed by atoms with Crippen LogP contribution in [0.3, 0.4) is 0 Å². The third-order valence-electron chi connectivity index (χ3n) is 5.87. The van der Waals surface area contributed by atoms with Crippen LogP contribution in [-0.2, 0) is 28.6 Å². The van der Waals surface area contributed by atoms with Gasteiger partial charge < -0.3 is 24.8 Å². The van der Waals surface area contributed by atoms with Gasteiger partial charge in [-0.2, -0.15) is 0 Å². The Balaban J connectivity index is 1.84. The lowest BCUT2D eigenvalue weighted by Gasteiger charge is -2.35. The van der Waals surface area contributed by atoms with Crippen molar-refractivity contribution in [3.8, 4) is 0 Å². The van der Waals surface area contributed by atoms with Crippen molar-refractivity contribution in [3.05, 3.63) is 93.9 Å². The molecule has 0 saturated heterocycles. The maximum atomic E-state index is 13.5. The summed E-state index contributed by atoms with van der Waals surface area (Å²) in [5.74, 6) is -2.03. The first-order valence-electron chi connectivity index (χ1n) is 13.0. The number of nitrogens with one attached hydrogen (secondary N) is 2. The first kappa shape index (κ1) is 30.7. The second kappa shape index (κ2) is 14.0. The number of azide groups is 1. The third kappa shape index (κ3) is 9.40. The number of esters is 2. The van der Waals surface area contributed by atoms with E-state index in [0.717, 1.165) is 11.1 Å². The molecule has 0 fully saturated rings. The van der Waals surface area contributed by atoms with Crippen molar-refractivity contribution in [2.24, 2.45) is 5.11 Å². The predicted molar refractivity (Wildman–Crippen MR) is 148 cm³/mol. The molecule has 0 aromatic heterocycles. The fourth-order valence-electron chi connectivity index (χ4n) is 4.22. The van der Waals surface area contributed by atoms with Crippen LogP contribution in [0, 0.1) is 0 Å². The Morgan fingerprint density at radius 2 is 1.61 bits per heavy atom. The normalized spacial score (nSPS) is 18.3. The van der Waals surface area contributed by atoms with Crippen LogP contribution in [0.1, 0.15) is 51.3 Å². The molecule has 0 heterocycles. The predicted octanol–water partition coefficient (Wildman–Crippen LogP) is 4.27. The van der Waals surface area contributed by atoms with Crippen LogP contribution >= 0.6 is 0 Å². The molecule has 0 saturated carbocycles. The summed E-state index contributed by atoms with van der Waals surface area (Å²) in [5, 5.41) is 8.65. The minimum absolute atomic E-state index is 0.0961. The number of ether oxygens (including phenoxy) is 3. The molecule has 1 aliphatic rings. The van der Waals surface area contributed by atoms with E-state index in [9.17, 15) is 24.7 Å². The number of rotatable bonds is 9. The van der Waals surface area contributed by atoms with Crippen LogP contribution in [-0.4, -0.2) is 54.3 Å². The van der Waals surface area contributed by atoms with Gasteiger partial charge in [-0.3, -0.25) is 9.59 Å². The van der Waals surface area contributed by atoms with Crippen molar-refractivity contribution in [2.75, 3.05) is 6.54 Å². The lowest BCUT2D eigenvalue weighted by atomic mass is 9.88. The van der Waals surface area contributed by atoms with E-state index in [0.29, 0.717) is 0 Å². The van der Waals surface area contributed by atoms with E-state index < -0.39 is 60.4 Å². The number of alkyl carbamates (subject to hydrolysis) is 1. The minimum Gasteiger partial charge on any atom is -0.458 e. The first-order valence-corrected chi connectivity index (χ1v) is 13.0. The smallest absolute Gasteiger partial charge is 0.408 e. The Hall–Kier alpha value is -4.83. The van der Waals surface area contributed by atoms with Gasteiger partial charge >= 0.3 is 18.0 Å². The van der Waals surface area contributed by atoms with E-state index >= 15 is 0 Å². The van der Waals surface area contributed by atoms with E-state index in [1.165, 1.54) is 13.0 Å². The number of hydrogen-bond donors (Lipinski definition) is 2. The van der Waals surface area contributed by atoms with Crippen LogP contribution in [0.5, 0.6) is 0 Å². The van der Waals surface area contributed by atoms with Crippen LogP contribution in [0.2, 0.25) is 0 Å². The molecule has 3 atom stereocenters. The summed E-state index contributed by atoms with van der Waals surface area (Å²) in [5.41, 5.74) is 9.98. The average Bonchev–Trinajstić information content (AvgIpc) is 2.92. The summed E-state index contributed by atoms with van der Waals surface area (Å²) in [7, 11) is 0. The highest BCUT2D eigenvalue weighted by atomic mass is 16.6. The number of amides is 2. The zero-order chi connectivity index (χ0) is 30.0. The van der Waals surface area contributed by atoms with Gasteiger partial charge in [0.2, 0.25) is 5.91 Å². The molecular formula is C29H33N5O7. The summed E-state index contributed by atoms with van der Waals surface area (Å²) >= 11 is 0. The molecule has 0 aliphatic heterocycles. The first-order chi connectivity index (χ1) is 19.5. The number of carbonyl (C=O) groups excluding carboxylic acids is 4. The van der Waals surface area contributed by atoms with Gasteiger partial charge in [-0.05, 0) is 37.4 Å². The van der Waals surface area contributed by atoms with Crippen molar-refractivity contribution in [1.82, 2.24) is 10.6 Å². The Kier molecular flexibility index (Phi) is 10.5. The van der Waals surface area contributed by atoms with Gasteiger partial charge in [-0.15, -0.1) is 0 Å². The van der Waals surface area contributed by atoms with E-state index in [1.807, 2.05) is 60.7 Å². The topological polar surface area (TPSA) is 169 Å². The lowest BCUT2D eigenvalue weighted by molar-refractivity contribution is -0.152. The molecule has 41 heavy (non-hydrogen) atoms. The monoisotopic (exact) mass is 563 g/mol. The van der Waals surface area contributed by atoms with E-state index in [4.69, 9.17) is 14.2 Å². The van der Waals surface area contributed by atoms with Crippen molar-refractivity contribution >= 4 is 23.9 Å². The third-order valence-corrected chi connectivity index (χ3v) is 5.87. The zero-order valence-electron chi connectivity index (χ0n) is 23.3. The second-order valence-electron chi connectivity index (χ2n) is 10.3. The van der Waals surface area contributed by atoms with Crippen LogP contribution in [0.4, 0.5) is 4.79 Å². The molecule has 1 aliphatic carbocycles. The van der Waals surface area contributed by atoms with Gasteiger partial charge in [-0.1, -0.05) is 71.9 Å². The maximum absolute atomic E-state index is 13.5. The summed E-state index contributed by atoms with van der Waals surface area (Å²) in [6, 6.07) is 16.3. The van der Waals surface area contributed by atoms with Gasteiger partial charge in [0.25, 0.3) is 0 Å². The van der Waals surface area contributed by atoms with E-state index in [2.05, 4.69) is 20.7 Å². The van der Waals surface area contributed by atoms with Gasteiger partial charge in [0.15, 0.2) is 6.10 Å². The Bertz CT molecular complexity index is 1280. The van der Waals surface area contributed by atoms with Crippen molar-refractivity contribution in [3.63, 3.8) is 0 Å². The van der Waals surface area contributed by atoms with Crippen LogP contribution in [0.25, 0.3) is 10.4 Å². The molecule has 12 heteroatoms. The minimum atomic E-state index is -1.11. The molecule has 0 spiro atoms. The van der Waals surface area contributed by atoms with Crippen LogP contribution in [0.15, 0.2) is 77.4 Å². The molecule has 216 valence electrons. The fourth-order valence-corrected chi connectivity index (χ4v) is 4.22. The summed E-state index contributed by atoms with van der Waals surface area (Å²) < 4.78 is 16.6. The summed E-state index contributed by atoms with van der Waals surface area (Å²) in [4.78, 5) is 52.9. The molecule has 3 rings (SSSR count). The van der Waals surface area contributed by atoms with Crippen molar-refractivity contribution in [1.29, 1.82) is 0 Å². The fraction of sp³-hybridized carbons (Fsp3) is 0.379. The number of nitrogens with zero attached hydrogens (tertiary/aromatic N) is 3. The molecule has 2 aromatic carbocycles. The Morgan fingerprint density at radius 3 is 2.12 bits per heavy atom. The number of hydrogen-bond acceptors (Lipinski definition) is 8. The summed E-state index contributed by atoms with van der Waals surface area (Å²) in [6.45, 7) is 5.75. The van der Waals surface area contributed by atoms with Gasteiger partial charge in [0, 0.05) is 23.8 Å². The molecule has 2 N–H and O–H groups in total. The average molecular weight is 564 g/mol. The largest absolute Gasteiger partial charge is 0.458 e. The van der Waals surface area contributed by atoms with Gasteiger partial charge in [0.1, 0.15) is 18.2 Å². The molecule has 0 radical (unpaired) electrons. The van der Waals surface area contributed by atoms with E-state index in [1.54, 1.807) is 20.8 Å². The highest BCUT2D eigenvalue weighted by Crippen LogP contribution is 2.30. The molecule has 0 bridgehead atoms. The lowest BCUT2D eigenvalue weighted by Crippen LogP contribution is -2.53. The standard InChI is InChI=1S/C29H33N5O7/c1-18(35)32-25-22(33-34-30)15-21(16-23(25)39-24(36)17-31-28(38)41-29(2,3)4)27(37)40-26(19-11-7-5-8-12-19)20-13-9-6-10-14-20/h5-15,22-23,25-26H,16-17H2,1-4H3,(H,31,38)(H,32,35)/t22-,23+,25+/m0/s1. The molecule has 2 amide bonds. The molecule has 2 aromatic rings. The number of benzene rings is 2. The van der Waals surface area contributed by atoms with Crippen molar-refractivity contribution in [2.45, 2.75) is 64.0 Å². The Morgan fingerprint density at radius 1 is 1.02 bits per heavy atom. The second-order valence-corrected chi connectivity index (χ2v) is 10.3. The zero-order valence-corrected chi connectivity index (χ0v) is 23.3. The summed E-state index contributed by atoms with van der Waals surface area (Å²) in [6.07, 6.45) is -1.41. The number of carbonyl (C=O) groups is 4. The highest BCUT2D eigenvalue weighted by Gasteiger charge is 2.39.